The van der Waals surface area contributed by atoms with E-state index in [2.05, 4.69) is 15.4 Å². The monoisotopic (exact) mass is 366 g/mol. The van der Waals surface area contributed by atoms with Crippen molar-refractivity contribution < 1.29 is 24.2 Å². The number of rotatable bonds is 5. The van der Waals surface area contributed by atoms with Crippen molar-refractivity contribution in [2.24, 2.45) is 0 Å². The van der Waals surface area contributed by atoms with E-state index in [9.17, 15) is 9.59 Å². The zero-order chi connectivity index (χ0) is 19.4. The Hall–Kier alpha value is -2.12. The second-order valence-corrected chi connectivity index (χ2v) is 7.10. The second kappa shape index (κ2) is 11.5. The van der Waals surface area contributed by atoms with Crippen LogP contribution in [0, 0.1) is 0 Å². The number of amides is 1. The van der Waals surface area contributed by atoms with Crippen LogP contribution in [0.15, 0.2) is 30.3 Å². The van der Waals surface area contributed by atoms with Gasteiger partial charge in [0.05, 0.1) is 6.61 Å². The second-order valence-electron chi connectivity index (χ2n) is 7.10. The fraction of sp³-hybridized carbons (Fsp3) is 0.579. The van der Waals surface area contributed by atoms with Crippen LogP contribution in [-0.4, -0.2) is 48.5 Å². The summed E-state index contributed by atoms with van der Waals surface area (Å²) in [6.07, 6.45) is 1.37. The van der Waals surface area contributed by atoms with Gasteiger partial charge in [-0.05, 0) is 39.2 Å². The minimum Gasteiger partial charge on any atom is -0.463 e. The van der Waals surface area contributed by atoms with Gasteiger partial charge in [-0.15, -0.1) is 0 Å². The van der Waals surface area contributed by atoms with Crippen LogP contribution in [-0.2, 0) is 20.9 Å². The van der Waals surface area contributed by atoms with E-state index >= 15 is 0 Å². The molecule has 7 heteroatoms. The predicted octanol–water partition coefficient (Wildman–Crippen LogP) is 1.98. The highest BCUT2D eigenvalue weighted by Crippen LogP contribution is 2.10. The molecule has 1 aliphatic rings. The Morgan fingerprint density at radius 3 is 2.50 bits per heavy atom. The summed E-state index contributed by atoms with van der Waals surface area (Å²) in [7, 11) is 0. The first kappa shape index (κ1) is 21.9. The number of piperidine rings is 1. The largest absolute Gasteiger partial charge is 0.463 e. The Labute approximate surface area is 155 Å². The molecule has 1 amide bonds. The van der Waals surface area contributed by atoms with E-state index in [0.717, 1.165) is 18.4 Å². The zero-order valence-electron chi connectivity index (χ0n) is 15.7. The molecular weight excluding hydrogens is 336 g/mol. The maximum atomic E-state index is 11.5. The van der Waals surface area contributed by atoms with Gasteiger partial charge in [-0.1, -0.05) is 30.3 Å². The Balaban J connectivity index is 0.000000289. The zero-order valence-corrected chi connectivity index (χ0v) is 15.7. The molecule has 2 unspecified atom stereocenters. The summed E-state index contributed by atoms with van der Waals surface area (Å²) in [5, 5.41) is 14.9. The standard InChI is InChI=1S/C11H22N2O3.C8H8O2/c1-11(2,3)16-10(15)13-8-4-5-9(7-14)12-6-8;9-7-10-6-8-4-2-1-3-5-8/h8-9,12,14H,4-7H2,1-3H3,(H,13,15);1-5,7H,6H2. The van der Waals surface area contributed by atoms with E-state index in [1.165, 1.54) is 0 Å². The summed E-state index contributed by atoms with van der Waals surface area (Å²) >= 11 is 0. The molecule has 1 aromatic rings. The highest BCUT2D eigenvalue weighted by atomic mass is 16.6. The quantitative estimate of drug-likeness (QED) is 0.690. The highest BCUT2D eigenvalue weighted by Gasteiger charge is 2.23. The molecule has 1 fully saturated rings. The number of ether oxygens (including phenoxy) is 2. The van der Waals surface area contributed by atoms with Crippen molar-refractivity contribution in [3.05, 3.63) is 35.9 Å². The van der Waals surface area contributed by atoms with Crippen LogP contribution in [0.3, 0.4) is 0 Å². The normalized spacial score (nSPS) is 19.5. The lowest BCUT2D eigenvalue weighted by molar-refractivity contribution is -0.129. The third kappa shape index (κ3) is 10.0. The van der Waals surface area contributed by atoms with E-state index in [1.807, 2.05) is 51.1 Å². The molecule has 146 valence electrons. The van der Waals surface area contributed by atoms with Crippen LogP contribution < -0.4 is 10.6 Å². The lowest BCUT2D eigenvalue weighted by Gasteiger charge is -2.30. The third-order valence-electron chi connectivity index (χ3n) is 3.62. The van der Waals surface area contributed by atoms with Crippen LogP contribution >= 0.6 is 0 Å². The third-order valence-corrected chi connectivity index (χ3v) is 3.62. The molecule has 0 spiro atoms. The smallest absolute Gasteiger partial charge is 0.407 e. The van der Waals surface area contributed by atoms with Gasteiger partial charge < -0.3 is 25.2 Å². The molecule has 1 saturated heterocycles. The first-order chi connectivity index (χ1) is 12.3. The van der Waals surface area contributed by atoms with E-state index in [4.69, 9.17) is 9.84 Å². The number of carbonyl (C=O) groups is 2. The Morgan fingerprint density at radius 1 is 1.31 bits per heavy atom. The Morgan fingerprint density at radius 2 is 2.00 bits per heavy atom. The average molecular weight is 366 g/mol. The molecule has 2 atom stereocenters. The lowest BCUT2D eigenvalue weighted by atomic mass is 10.0. The van der Waals surface area contributed by atoms with Gasteiger partial charge in [-0.3, -0.25) is 4.79 Å². The van der Waals surface area contributed by atoms with Crippen molar-refractivity contribution in [2.45, 2.75) is 57.9 Å². The van der Waals surface area contributed by atoms with E-state index in [1.54, 1.807) is 0 Å². The highest BCUT2D eigenvalue weighted by molar-refractivity contribution is 5.68. The van der Waals surface area contributed by atoms with Gasteiger partial charge >= 0.3 is 6.09 Å². The van der Waals surface area contributed by atoms with E-state index in [0.29, 0.717) is 19.6 Å². The number of nitrogens with one attached hydrogen (secondary N) is 2. The first-order valence-corrected chi connectivity index (χ1v) is 8.77. The summed E-state index contributed by atoms with van der Waals surface area (Å²) < 4.78 is 9.71. The number of benzene rings is 1. The molecule has 0 radical (unpaired) electrons. The number of aliphatic hydroxyl groups excluding tert-OH is 1. The Kier molecular flexibility index (Phi) is 9.69. The maximum Gasteiger partial charge on any atom is 0.407 e. The molecule has 26 heavy (non-hydrogen) atoms. The lowest BCUT2D eigenvalue weighted by Crippen LogP contribution is -2.51. The molecular formula is C19H30N2O5. The SMILES string of the molecule is CC(C)(C)OC(=O)NC1CCC(CO)NC1.O=COCc1ccccc1. The molecule has 7 nitrogen and oxygen atoms in total. The molecule has 0 aromatic heterocycles. The summed E-state index contributed by atoms with van der Waals surface area (Å²) in [6.45, 7) is 7.18. The van der Waals surface area contributed by atoms with Crippen molar-refractivity contribution in [3.8, 4) is 0 Å². The molecule has 0 aliphatic carbocycles. The summed E-state index contributed by atoms with van der Waals surface area (Å²) in [4.78, 5) is 21.2. The van der Waals surface area contributed by atoms with Gasteiger partial charge in [0.2, 0.25) is 0 Å². The molecule has 2 rings (SSSR count). The van der Waals surface area contributed by atoms with Gasteiger partial charge in [0.1, 0.15) is 12.2 Å². The number of hydrogen-bond acceptors (Lipinski definition) is 6. The summed E-state index contributed by atoms with van der Waals surface area (Å²) in [6, 6.07) is 9.80. The van der Waals surface area contributed by atoms with Crippen molar-refractivity contribution in [1.82, 2.24) is 10.6 Å². The maximum absolute atomic E-state index is 11.5. The fourth-order valence-corrected chi connectivity index (χ4v) is 2.37. The number of carbonyl (C=O) groups excluding carboxylic acids is 2. The van der Waals surface area contributed by atoms with Crippen molar-refractivity contribution >= 4 is 12.6 Å². The van der Waals surface area contributed by atoms with Crippen LogP contribution in [0.2, 0.25) is 0 Å². The molecule has 1 aromatic carbocycles. The van der Waals surface area contributed by atoms with Gasteiger partial charge in [-0.25, -0.2) is 4.79 Å². The van der Waals surface area contributed by atoms with Crippen LogP contribution in [0.4, 0.5) is 4.79 Å². The van der Waals surface area contributed by atoms with Gasteiger partial charge in [-0.2, -0.15) is 0 Å². The van der Waals surface area contributed by atoms with Crippen LogP contribution in [0.1, 0.15) is 39.2 Å². The van der Waals surface area contributed by atoms with Gasteiger partial charge in [0.25, 0.3) is 6.47 Å². The number of aliphatic hydroxyl groups is 1. The minimum atomic E-state index is -0.459. The Bertz CT molecular complexity index is 522. The fourth-order valence-electron chi connectivity index (χ4n) is 2.37. The van der Waals surface area contributed by atoms with Crippen molar-refractivity contribution in [2.75, 3.05) is 13.2 Å². The van der Waals surface area contributed by atoms with E-state index in [-0.39, 0.29) is 24.8 Å². The average Bonchev–Trinajstić information content (AvgIpc) is 2.60. The predicted molar refractivity (Wildman–Crippen MR) is 98.6 cm³/mol. The summed E-state index contributed by atoms with van der Waals surface area (Å²) in [5.74, 6) is 0. The number of alkyl carbamates (subject to hydrolysis) is 1. The number of hydrogen-bond donors (Lipinski definition) is 3. The van der Waals surface area contributed by atoms with Crippen LogP contribution in [0.25, 0.3) is 0 Å². The van der Waals surface area contributed by atoms with Crippen LogP contribution in [0.5, 0.6) is 0 Å². The molecule has 3 N–H and O–H groups in total. The van der Waals surface area contributed by atoms with E-state index < -0.39 is 5.60 Å². The molecule has 1 heterocycles. The van der Waals surface area contributed by atoms with Gasteiger partial charge in [0.15, 0.2) is 0 Å². The first-order valence-electron chi connectivity index (χ1n) is 8.77. The summed E-state index contributed by atoms with van der Waals surface area (Å²) in [5.41, 5.74) is 0.550. The minimum absolute atomic E-state index is 0.0950. The molecule has 1 aliphatic heterocycles. The molecule has 0 bridgehead atoms. The van der Waals surface area contributed by atoms with Crippen molar-refractivity contribution in [1.29, 1.82) is 0 Å². The molecule has 0 saturated carbocycles. The topological polar surface area (TPSA) is 96.9 Å². The van der Waals surface area contributed by atoms with Crippen molar-refractivity contribution in [3.63, 3.8) is 0 Å². The van der Waals surface area contributed by atoms with Gasteiger partial charge in [0, 0.05) is 18.6 Å².